The van der Waals surface area contributed by atoms with E-state index in [9.17, 15) is 4.79 Å². The van der Waals surface area contributed by atoms with Crippen molar-refractivity contribution >= 4 is 11.7 Å². The van der Waals surface area contributed by atoms with Crippen LogP contribution >= 0.6 is 0 Å². The molecular formula is C18H19NO2. The highest BCUT2D eigenvalue weighted by molar-refractivity contribution is 5.80. The van der Waals surface area contributed by atoms with Gasteiger partial charge in [0.15, 0.2) is 0 Å². The highest BCUT2D eigenvalue weighted by Gasteiger charge is 2.19. The lowest BCUT2D eigenvalue weighted by atomic mass is 9.99. The van der Waals surface area contributed by atoms with Gasteiger partial charge in [0.2, 0.25) is 0 Å². The van der Waals surface area contributed by atoms with E-state index in [-0.39, 0.29) is 5.97 Å². The Labute approximate surface area is 124 Å². The van der Waals surface area contributed by atoms with E-state index in [0.29, 0.717) is 19.4 Å². The number of nitrogens with two attached hydrogens (primary N) is 1. The van der Waals surface area contributed by atoms with Crippen LogP contribution in [0.5, 0.6) is 0 Å². The monoisotopic (exact) mass is 281 g/mol. The minimum absolute atomic E-state index is 0.166. The van der Waals surface area contributed by atoms with Crippen LogP contribution in [0.15, 0.2) is 36.4 Å². The Bertz CT molecular complexity index is 692. The molecule has 0 fully saturated rings. The van der Waals surface area contributed by atoms with Crippen LogP contribution in [0.4, 0.5) is 5.69 Å². The molecule has 1 aliphatic rings. The molecule has 3 rings (SSSR count). The number of anilines is 1. The summed E-state index contributed by atoms with van der Waals surface area (Å²) in [6.07, 6.45) is 1.95. The molecular weight excluding hydrogens is 262 g/mol. The molecule has 3 nitrogen and oxygen atoms in total. The standard InChI is InChI=1S/C18H19NO2/c1-2-21-18(20)8-7-13-10-14-9-12-5-3-4-6-15(12)16(14)11-17(13)19/h3-6,10-11H,2,7-9,19H2,1H3. The van der Waals surface area contributed by atoms with Crippen molar-refractivity contribution < 1.29 is 9.53 Å². The second kappa shape index (κ2) is 5.60. The molecule has 0 unspecified atom stereocenters. The first kappa shape index (κ1) is 13.7. The highest BCUT2D eigenvalue weighted by atomic mass is 16.5. The largest absolute Gasteiger partial charge is 0.466 e. The molecule has 0 saturated heterocycles. The fourth-order valence-electron chi connectivity index (χ4n) is 2.94. The molecule has 108 valence electrons. The average Bonchev–Trinajstić information content (AvgIpc) is 2.83. The fourth-order valence-corrected chi connectivity index (χ4v) is 2.94. The van der Waals surface area contributed by atoms with Crippen LogP contribution < -0.4 is 5.73 Å². The maximum atomic E-state index is 11.5. The first-order chi connectivity index (χ1) is 10.2. The van der Waals surface area contributed by atoms with E-state index in [2.05, 4.69) is 30.3 Å². The van der Waals surface area contributed by atoms with Gasteiger partial charge in [-0.3, -0.25) is 4.79 Å². The van der Waals surface area contributed by atoms with Gasteiger partial charge in [-0.25, -0.2) is 0 Å². The highest BCUT2D eigenvalue weighted by Crippen LogP contribution is 2.38. The van der Waals surface area contributed by atoms with Crippen molar-refractivity contribution in [1.29, 1.82) is 0 Å². The molecule has 0 amide bonds. The number of rotatable bonds is 4. The molecule has 0 radical (unpaired) electrons. The van der Waals surface area contributed by atoms with E-state index in [1.807, 2.05) is 13.0 Å². The first-order valence-electron chi connectivity index (χ1n) is 7.34. The molecule has 0 heterocycles. The van der Waals surface area contributed by atoms with Gasteiger partial charge in [-0.1, -0.05) is 30.3 Å². The Kier molecular flexibility index (Phi) is 3.65. The first-order valence-corrected chi connectivity index (χ1v) is 7.34. The molecule has 0 aliphatic heterocycles. The van der Waals surface area contributed by atoms with Crippen molar-refractivity contribution in [3.05, 3.63) is 53.1 Å². The normalized spacial score (nSPS) is 11.9. The van der Waals surface area contributed by atoms with Gasteiger partial charge in [-0.05, 0) is 53.6 Å². The number of hydrogen-bond acceptors (Lipinski definition) is 3. The Balaban J connectivity index is 1.84. The average molecular weight is 281 g/mol. The van der Waals surface area contributed by atoms with E-state index >= 15 is 0 Å². The summed E-state index contributed by atoms with van der Waals surface area (Å²) in [5.74, 6) is -0.166. The number of carbonyl (C=O) groups excluding carboxylic acids is 1. The van der Waals surface area contributed by atoms with Crippen LogP contribution in [0.25, 0.3) is 11.1 Å². The SMILES string of the molecule is CCOC(=O)CCc1cc2c(cc1N)-c1ccccc1C2. The van der Waals surface area contributed by atoms with Gasteiger partial charge in [-0.15, -0.1) is 0 Å². The maximum absolute atomic E-state index is 11.5. The summed E-state index contributed by atoms with van der Waals surface area (Å²) in [6, 6.07) is 12.6. The number of hydrogen-bond donors (Lipinski definition) is 1. The lowest BCUT2D eigenvalue weighted by Gasteiger charge is -2.09. The van der Waals surface area contributed by atoms with E-state index < -0.39 is 0 Å². The van der Waals surface area contributed by atoms with Gasteiger partial charge < -0.3 is 10.5 Å². The van der Waals surface area contributed by atoms with E-state index in [4.69, 9.17) is 10.5 Å². The molecule has 0 saturated carbocycles. The van der Waals surface area contributed by atoms with Crippen LogP contribution in [-0.4, -0.2) is 12.6 Å². The van der Waals surface area contributed by atoms with E-state index in [1.165, 1.54) is 22.3 Å². The van der Waals surface area contributed by atoms with Gasteiger partial charge in [0.25, 0.3) is 0 Å². The number of carbonyl (C=O) groups is 1. The summed E-state index contributed by atoms with van der Waals surface area (Å²) in [4.78, 5) is 11.5. The minimum atomic E-state index is -0.166. The smallest absolute Gasteiger partial charge is 0.306 e. The van der Waals surface area contributed by atoms with Crippen molar-refractivity contribution in [2.24, 2.45) is 0 Å². The maximum Gasteiger partial charge on any atom is 0.306 e. The van der Waals surface area contributed by atoms with Gasteiger partial charge >= 0.3 is 5.97 Å². The quantitative estimate of drug-likeness (QED) is 0.589. The van der Waals surface area contributed by atoms with Crippen LogP contribution in [0.2, 0.25) is 0 Å². The summed E-state index contributed by atoms with van der Waals surface area (Å²) in [5.41, 5.74) is 13.1. The fraction of sp³-hybridized carbons (Fsp3) is 0.278. The third kappa shape index (κ3) is 2.64. The second-order valence-corrected chi connectivity index (χ2v) is 5.35. The lowest BCUT2D eigenvalue weighted by Crippen LogP contribution is -2.06. The van der Waals surface area contributed by atoms with Crippen LogP contribution in [0.1, 0.15) is 30.0 Å². The van der Waals surface area contributed by atoms with Crippen LogP contribution in [-0.2, 0) is 22.4 Å². The van der Waals surface area contributed by atoms with Crippen LogP contribution in [0, 0.1) is 0 Å². The zero-order valence-corrected chi connectivity index (χ0v) is 12.2. The van der Waals surface area contributed by atoms with Gasteiger partial charge in [0.05, 0.1) is 6.61 Å². The Morgan fingerprint density at radius 2 is 2.00 bits per heavy atom. The summed E-state index contributed by atoms with van der Waals surface area (Å²) < 4.78 is 4.97. The number of ether oxygens (including phenoxy) is 1. The Morgan fingerprint density at radius 3 is 2.81 bits per heavy atom. The minimum Gasteiger partial charge on any atom is -0.466 e. The van der Waals surface area contributed by atoms with Gasteiger partial charge in [0.1, 0.15) is 0 Å². The second-order valence-electron chi connectivity index (χ2n) is 5.35. The number of fused-ring (bicyclic) bond motifs is 3. The van der Waals surface area contributed by atoms with Crippen molar-refractivity contribution in [1.82, 2.24) is 0 Å². The molecule has 0 aromatic heterocycles. The number of nitrogen functional groups attached to an aromatic ring is 1. The van der Waals surface area contributed by atoms with Crippen molar-refractivity contribution in [2.45, 2.75) is 26.2 Å². The Morgan fingerprint density at radius 1 is 1.19 bits per heavy atom. The van der Waals surface area contributed by atoms with E-state index in [0.717, 1.165) is 17.7 Å². The molecule has 2 aromatic rings. The molecule has 2 aromatic carbocycles. The third-order valence-corrected chi connectivity index (χ3v) is 3.96. The van der Waals surface area contributed by atoms with Crippen molar-refractivity contribution in [3.63, 3.8) is 0 Å². The molecule has 0 bridgehead atoms. The van der Waals surface area contributed by atoms with Crippen molar-refractivity contribution in [3.8, 4) is 11.1 Å². The summed E-state index contributed by atoms with van der Waals surface area (Å²) in [7, 11) is 0. The molecule has 3 heteroatoms. The predicted molar refractivity (Wildman–Crippen MR) is 84.1 cm³/mol. The number of benzene rings is 2. The third-order valence-electron chi connectivity index (χ3n) is 3.96. The van der Waals surface area contributed by atoms with Gasteiger partial charge in [0, 0.05) is 12.1 Å². The Hall–Kier alpha value is -2.29. The van der Waals surface area contributed by atoms with E-state index in [1.54, 1.807) is 0 Å². The topological polar surface area (TPSA) is 52.3 Å². The molecule has 1 aliphatic carbocycles. The molecule has 21 heavy (non-hydrogen) atoms. The number of esters is 1. The van der Waals surface area contributed by atoms with Gasteiger partial charge in [-0.2, -0.15) is 0 Å². The molecule has 2 N–H and O–H groups in total. The van der Waals surface area contributed by atoms with Crippen LogP contribution in [0.3, 0.4) is 0 Å². The summed E-state index contributed by atoms with van der Waals surface area (Å²) in [6.45, 7) is 2.24. The zero-order valence-electron chi connectivity index (χ0n) is 12.2. The molecule has 0 atom stereocenters. The summed E-state index contributed by atoms with van der Waals surface area (Å²) in [5, 5.41) is 0. The zero-order chi connectivity index (χ0) is 14.8. The predicted octanol–water partition coefficient (Wildman–Crippen LogP) is 3.34. The number of aryl methyl sites for hydroxylation is 1. The summed E-state index contributed by atoms with van der Waals surface area (Å²) >= 11 is 0. The molecule has 0 spiro atoms. The lowest BCUT2D eigenvalue weighted by molar-refractivity contribution is -0.143. The van der Waals surface area contributed by atoms with Crippen molar-refractivity contribution in [2.75, 3.05) is 12.3 Å².